The van der Waals surface area contributed by atoms with Crippen molar-refractivity contribution in [2.75, 3.05) is 12.4 Å². The number of hydrogen-bond donors (Lipinski definition) is 1. The van der Waals surface area contributed by atoms with Gasteiger partial charge >= 0.3 is 5.97 Å². The molecule has 5 nitrogen and oxygen atoms in total. The van der Waals surface area contributed by atoms with Gasteiger partial charge in [0.15, 0.2) is 0 Å². The van der Waals surface area contributed by atoms with E-state index in [1.807, 2.05) is 18.2 Å². The van der Waals surface area contributed by atoms with Crippen molar-refractivity contribution in [3.8, 4) is 0 Å². The van der Waals surface area contributed by atoms with Crippen LogP contribution in [-0.2, 0) is 11.2 Å². The highest BCUT2D eigenvalue weighted by molar-refractivity contribution is 5.94. The molecule has 0 spiro atoms. The van der Waals surface area contributed by atoms with E-state index in [9.17, 15) is 4.79 Å². The molecule has 1 saturated carbocycles. The number of esters is 1. The zero-order valence-electron chi connectivity index (χ0n) is 19.2. The van der Waals surface area contributed by atoms with Gasteiger partial charge in [-0.2, -0.15) is 0 Å². The van der Waals surface area contributed by atoms with Crippen LogP contribution in [0.5, 0.6) is 0 Å². The van der Waals surface area contributed by atoms with Gasteiger partial charge in [-0.1, -0.05) is 39.8 Å². The zero-order valence-corrected chi connectivity index (χ0v) is 19.2. The summed E-state index contributed by atoms with van der Waals surface area (Å²) in [4.78, 5) is 17.0. The van der Waals surface area contributed by atoms with Gasteiger partial charge in [0.1, 0.15) is 0 Å². The van der Waals surface area contributed by atoms with Gasteiger partial charge in [-0.05, 0) is 72.9 Å². The first kappa shape index (κ1) is 21.4. The molecule has 164 valence electrons. The lowest BCUT2D eigenvalue weighted by atomic mass is 9.70. The van der Waals surface area contributed by atoms with Crippen molar-refractivity contribution in [2.24, 2.45) is 11.3 Å². The third kappa shape index (κ3) is 4.46. The van der Waals surface area contributed by atoms with Crippen LogP contribution in [0, 0.1) is 11.3 Å². The number of benzene rings is 2. The Morgan fingerprint density at radius 3 is 2.58 bits per heavy atom. The number of carbonyl (C=O) groups is 1. The lowest BCUT2D eigenvalue weighted by molar-refractivity contribution is 0.0601. The molecule has 1 N–H and O–H groups in total. The normalized spacial score (nSPS) is 20.5. The molecule has 3 aromatic rings. The van der Waals surface area contributed by atoms with E-state index in [1.54, 1.807) is 0 Å². The van der Waals surface area contributed by atoms with E-state index in [2.05, 4.69) is 61.8 Å². The van der Waals surface area contributed by atoms with E-state index in [-0.39, 0.29) is 11.4 Å². The largest absolute Gasteiger partial charge is 0.465 e. The van der Waals surface area contributed by atoms with Gasteiger partial charge in [0.2, 0.25) is 5.95 Å². The Hall–Kier alpha value is -2.82. The second-order valence-electron chi connectivity index (χ2n) is 9.74. The average Bonchev–Trinajstić information content (AvgIpc) is 3.09. The Balaban J connectivity index is 1.79. The van der Waals surface area contributed by atoms with Gasteiger partial charge in [0.25, 0.3) is 0 Å². The highest BCUT2D eigenvalue weighted by atomic mass is 16.5. The number of anilines is 2. The molecule has 0 radical (unpaired) electrons. The first-order valence-electron chi connectivity index (χ1n) is 11.3. The molecule has 0 saturated heterocycles. The molecule has 5 heteroatoms. The summed E-state index contributed by atoms with van der Waals surface area (Å²) < 4.78 is 7.26. The first-order valence-corrected chi connectivity index (χ1v) is 11.3. The molecule has 1 fully saturated rings. The van der Waals surface area contributed by atoms with Crippen LogP contribution >= 0.6 is 0 Å². The van der Waals surface area contributed by atoms with E-state index in [0.29, 0.717) is 17.5 Å². The van der Waals surface area contributed by atoms with Crippen molar-refractivity contribution in [1.82, 2.24) is 9.55 Å². The van der Waals surface area contributed by atoms with Crippen LogP contribution in [0.4, 0.5) is 11.6 Å². The van der Waals surface area contributed by atoms with Crippen LogP contribution in [0.25, 0.3) is 11.0 Å². The lowest BCUT2D eigenvalue weighted by Crippen LogP contribution is -2.29. The van der Waals surface area contributed by atoms with Crippen LogP contribution in [0.3, 0.4) is 0 Å². The van der Waals surface area contributed by atoms with Gasteiger partial charge in [0, 0.05) is 11.7 Å². The Morgan fingerprint density at radius 2 is 1.94 bits per heavy atom. The van der Waals surface area contributed by atoms with Crippen LogP contribution < -0.4 is 5.32 Å². The molecule has 2 atom stereocenters. The minimum Gasteiger partial charge on any atom is -0.465 e. The summed E-state index contributed by atoms with van der Waals surface area (Å²) >= 11 is 0. The molecule has 31 heavy (non-hydrogen) atoms. The first-order chi connectivity index (χ1) is 14.8. The van der Waals surface area contributed by atoms with Crippen molar-refractivity contribution < 1.29 is 9.53 Å². The second kappa shape index (κ2) is 8.37. The molecule has 2 aromatic carbocycles. The molecule has 4 rings (SSSR count). The molecule has 1 aromatic heterocycles. The minimum absolute atomic E-state index is 0.283. The quantitative estimate of drug-likeness (QED) is 0.479. The fraction of sp³-hybridized carbons (Fsp3) is 0.462. The predicted octanol–water partition coefficient (Wildman–Crippen LogP) is 6.52. The number of imidazole rings is 1. The number of ether oxygens (including phenoxy) is 1. The molecule has 1 aliphatic rings. The number of aryl methyl sites for hydroxylation is 1. The maximum absolute atomic E-state index is 12.1. The van der Waals surface area contributed by atoms with Gasteiger partial charge in [-0.3, -0.25) is 0 Å². The fourth-order valence-electron chi connectivity index (χ4n) is 5.25. The number of fused-ring (bicyclic) bond motifs is 1. The van der Waals surface area contributed by atoms with Gasteiger partial charge in [-0.15, -0.1) is 0 Å². The number of carbonyl (C=O) groups excluding carboxylic acids is 1. The summed E-state index contributed by atoms with van der Waals surface area (Å²) in [5, 5.41) is 3.55. The Labute approximate surface area is 184 Å². The van der Waals surface area contributed by atoms with E-state index in [0.717, 1.165) is 41.9 Å². The number of methoxy groups -OCH3 is 1. The minimum atomic E-state index is -0.339. The number of aromatic nitrogens is 2. The number of rotatable bonds is 5. The molecular weight excluding hydrogens is 386 g/mol. The summed E-state index contributed by atoms with van der Waals surface area (Å²) in [7, 11) is 1.41. The number of hydrogen-bond acceptors (Lipinski definition) is 4. The van der Waals surface area contributed by atoms with Crippen molar-refractivity contribution in [2.45, 2.75) is 59.4 Å². The third-order valence-corrected chi connectivity index (χ3v) is 6.46. The Bertz CT molecular complexity index is 1080. The van der Waals surface area contributed by atoms with Gasteiger partial charge in [0.05, 0.1) is 23.7 Å². The van der Waals surface area contributed by atoms with Crippen LogP contribution in [0.1, 0.15) is 68.9 Å². The number of nitrogens with zero attached hydrogens (tertiary/aromatic N) is 2. The highest BCUT2D eigenvalue weighted by Gasteiger charge is 2.34. The number of nitrogens with one attached hydrogen (secondary N) is 1. The molecule has 0 bridgehead atoms. The van der Waals surface area contributed by atoms with Crippen molar-refractivity contribution in [3.63, 3.8) is 0 Å². The van der Waals surface area contributed by atoms with Crippen LogP contribution in [0.15, 0.2) is 42.5 Å². The molecule has 0 unspecified atom stereocenters. The molecule has 1 aliphatic carbocycles. The maximum atomic E-state index is 12.1. The fourth-order valence-corrected chi connectivity index (χ4v) is 5.25. The lowest BCUT2D eigenvalue weighted by Gasteiger charge is -2.40. The van der Waals surface area contributed by atoms with Crippen LogP contribution in [-0.4, -0.2) is 22.6 Å². The van der Waals surface area contributed by atoms with Gasteiger partial charge < -0.3 is 14.6 Å². The summed E-state index contributed by atoms with van der Waals surface area (Å²) in [6.45, 7) is 9.23. The smallest absolute Gasteiger partial charge is 0.337 e. The Morgan fingerprint density at radius 1 is 1.19 bits per heavy atom. The second-order valence-corrected chi connectivity index (χ2v) is 9.74. The molecule has 1 heterocycles. The SMILES string of the molecule is CCc1ccc(Nc2nc3cc(C(=O)OC)ccc3n2[C@H]2C[C@@H](C)CC(C)(C)C2)cc1. The maximum Gasteiger partial charge on any atom is 0.337 e. The standard InChI is InChI=1S/C26H33N3O2/c1-6-18-7-10-20(11-8-18)27-25-28-22-14-19(24(30)31-5)9-12-23(22)29(25)21-13-17(2)15-26(3,4)16-21/h7-12,14,17,21H,6,13,15-16H2,1-5H3,(H,27,28)/t17-,21+/m1/s1. The van der Waals surface area contributed by atoms with E-state index >= 15 is 0 Å². The highest BCUT2D eigenvalue weighted by Crippen LogP contribution is 2.46. The van der Waals surface area contributed by atoms with Crippen molar-refractivity contribution in [1.29, 1.82) is 0 Å². The van der Waals surface area contributed by atoms with Crippen LogP contribution in [0.2, 0.25) is 0 Å². The van der Waals surface area contributed by atoms with E-state index in [4.69, 9.17) is 9.72 Å². The predicted molar refractivity (Wildman–Crippen MR) is 126 cm³/mol. The molecular formula is C26H33N3O2. The summed E-state index contributed by atoms with van der Waals surface area (Å²) in [5.41, 5.74) is 5.00. The Kier molecular flexibility index (Phi) is 5.78. The zero-order chi connectivity index (χ0) is 22.2. The van der Waals surface area contributed by atoms with Crippen molar-refractivity contribution >= 4 is 28.6 Å². The summed E-state index contributed by atoms with van der Waals surface area (Å²) in [5.74, 6) is 1.14. The van der Waals surface area contributed by atoms with Gasteiger partial charge in [-0.25, -0.2) is 9.78 Å². The average molecular weight is 420 g/mol. The summed E-state index contributed by atoms with van der Waals surface area (Å²) in [6, 6.07) is 14.5. The topological polar surface area (TPSA) is 56.1 Å². The monoisotopic (exact) mass is 419 g/mol. The molecule has 0 aliphatic heterocycles. The van der Waals surface area contributed by atoms with E-state index < -0.39 is 0 Å². The van der Waals surface area contributed by atoms with Crippen molar-refractivity contribution in [3.05, 3.63) is 53.6 Å². The van der Waals surface area contributed by atoms with E-state index in [1.165, 1.54) is 19.1 Å². The summed E-state index contributed by atoms with van der Waals surface area (Å²) in [6.07, 6.45) is 4.48. The molecule has 0 amide bonds. The third-order valence-electron chi connectivity index (χ3n) is 6.46.